The van der Waals surface area contributed by atoms with Crippen molar-refractivity contribution < 1.29 is 0 Å². The fourth-order valence-corrected chi connectivity index (χ4v) is 3.99. The van der Waals surface area contributed by atoms with Gasteiger partial charge in [-0.3, -0.25) is 0 Å². The second-order valence-corrected chi connectivity index (χ2v) is 7.75. The van der Waals surface area contributed by atoms with Gasteiger partial charge in [-0.25, -0.2) is 0 Å². The van der Waals surface area contributed by atoms with Crippen molar-refractivity contribution in [1.82, 2.24) is 5.32 Å². The highest BCUT2D eigenvalue weighted by Crippen LogP contribution is 2.50. The van der Waals surface area contributed by atoms with E-state index in [-0.39, 0.29) is 0 Å². The van der Waals surface area contributed by atoms with Crippen LogP contribution in [0.1, 0.15) is 70.0 Å². The third-order valence-electron chi connectivity index (χ3n) is 5.60. The van der Waals surface area contributed by atoms with Gasteiger partial charge in [-0.15, -0.1) is 0 Å². The number of hydrogen-bond donors (Lipinski definition) is 1. The van der Waals surface area contributed by atoms with Crippen molar-refractivity contribution >= 4 is 0 Å². The molecule has 1 heteroatoms. The zero-order valence-electron chi connectivity index (χ0n) is 13.3. The van der Waals surface area contributed by atoms with E-state index >= 15 is 0 Å². The van der Waals surface area contributed by atoms with Crippen LogP contribution in [0.5, 0.6) is 0 Å². The first-order chi connectivity index (χ1) is 9.56. The molecule has 2 aliphatic carbocycles. The molecular formula is C19H29N. The largest absolute Gasteiger partial charge is 0.309 e. The average Bonchev–Trinajstić information content (AvgIpc) is 3.18. The second kappa shape index (κ2) is 5.18. The maximum atomic E-state index is 3.96. The fourth-order valence-electron chi connectivity index (χ4n) is 3.99. The summed E-state index contributed by atoms with van der Waals surface area (Å²) in [6.07, 6.45) is 8.12. The molecule has 110 valence electrons. The zero-order chi connectivity index (χ0) is 14.2. The molecule has 0 saturated heterocycles. The summed E-state index contributed by atoms with van der Waals surface area (Å²) in [5.41, 5.74) is 4.12. The predicted molar refractivity (Wildman–Crippen MR) is 85.9 cm³/mol. The summed E-state index contributed by atoms with van der Waals surface area (Å²) in [4.78, 5) is 0. The van der Waals surface area contributed by atoms with Crippen LogP contribution in [0.3, 0.4) is 0 Å². The Morgan fingerprint density at radius 3 is 2.60 bits per heavy atom. The van der Waals surface area contributed by atoms with Gasteiger partial charge < -0.3 is 5.32 Å². The Hall–Kier alpha value is -0.820. The fraction of sp³-hybridized carbons (Fsp3) is 0.684. The minimum absolute atomic E-state index is 0.372. The van der Waals surface area contributed by atoms with E-state index in [1.165, 1.54) is 45.1 Å². The molecule has 1 aromatic rings. The smallest absolute Gasteiger partial charge is 0.0374 e. The molecule has 0 spiro atoms. The topological polar surface area (TPSA) is 12.0 Å². The minimum Gasteiger partial charge on any atom is -0.309 e. The first-order valence-electron chi connectivity index (χ1n) is 8.38. The van der Waals surface area contributed by atoms with Crippen LogP contribution in [0, 0.1) is 10.8 Å². The Bertz CT molecular complexity index is 470. The summed E-state index contributed by atoms with van der Waals surface area (Å²) in [5, 5.41) is 3.96. The van der Waals surface area contributed by atoms with Gasteiger partial charge in [0.1, 0.15) is 0 Å². The van der Waals surface area contributed by atoms with Crippen molar-refractivity contribution in [2.75, 3.05) is 6.54 Å². The van der Waals surface area contributed by atoms with Crippen LogP contribution in [0.25, 0.3) is 0 Å². The first-order valence-corrected chi connectivity index (χ1v) is 8.38. The van der Waals surface area contributed by atoms with Gasteiger partial charge in [0.25, 0.3) is 0 Å². The van der Waals surface area contributed by atoms with Crippen molar-refractivity contribution in [1.29, 1.82) is 0 Å². The Morgan fingerprint density at radius 2 is 1.90 bits per heavy atom. The molecule has 20 heavy (non-hydrogen) atoms. The SMILES string of the molecule is CCCC1(CNC2c3ccccc3CCC2(C)C)CC1. The molecule has 1 aromatic carbocycles. The predicted octanol–water partition coefficient (Wildman–Crippen LogP) is 4.87. The molecule has 2 aliphatic rings. The highest BCUT2D eigenvalue weighted by molar-refractivity contribution is 5.34. The van der Waals surface area contributed by atoms with E-state index in [0.29, 0.717) is 16.9 Å². The molecule has 0 aromatic heterocycles. The Morgan fingerprint density at radius 1 is 1.15 bits per heavy atom. The number of hydrogen-bond acceptors (Lipinski definition) is 1. The molecular weight excluding hydrogens is 242 g/mol. The molecule has 1 atom stereocenters. The van der Waals surface area contributed by atoms with E-state index in [1.54, 1.807) is 11.1 Å². The van der Waals surface area contributed by atoms with Gasteiger partial charge in [0.15, 0.2) is 0 Å². The molecule has 1 nitrogen and oxygen atoms in total. The third kappa shape index (κ3) is 2.65. The van der Waals surface area contributed by atoms with E-state index in [1.807, 2.05) is 0 Å². The Kier molecular flexibility index (Phi) is 3.66. The Balaban J connectivity index is 1.76. The van der Waals surface area contributed by atoms with Gasteiger partial charge in [-0.2, -0.15) is 0 Å². The summed E-state index contributed by atoms with van der Waals surface area (Å²) in [6, 6.07) is 9.58. The number of rotatable bonds is 5. The number of benzene rings is 1. The first kappa shape index (κ1) is 14.1. The van der Waals surface area contributed by atoms with Gasteiger partial charge in [-0.1, -0.05) is 51.5 Å². The summed E-state index contributed by atoms with van der Waals surface area (Å²) < 4.78 is 0. The quantitative estimate of drug-likeness (QED) is 0.805. The minimum atomic E-state index is 0.372. The van der Waals surface area contributed by atoms with Crippen LogP contribution in [0.2, 0.25) is 0 Å². The molecule has 1 N–H and O–H groups in total. The maximum Gasteiger partial charge on any atom is 0.0374 e. The van der Waals surface area contributed by atoms with Crippen molar-refractivity contribution in [3.8, 4) is 0 Å². The summed E-state index contributed by atoms with van der Waals surface area (Å²) in [7, 11) is 0. The van der Waals surface area contributed by atoms with E-state index in [0.717, 1.165) is 0 Å². The van der Waals surface area contributed by atoms with Gasteiger partial charge in [0.05, 0.1) is 0 Å². The average molecular weight is 271 g/mol. The van der Waals surface area contributed by atoms with Crippen LogP contribution in [-0.4, -0.2) is 6.54 Å². The normalized spacial score (nSPS) is 26.1. The van der Waals surface area contributed by atoms with E-state index < -0.39 is 0 Å². The summed E-state index contributed by atoms with van der Waals surface area (Å²) in [5.74, 6) is 0. The number of nitrogens with one attached hydrogen (secondary N) is 1. The van der Waals surface area contributed by atoms with Gasteiger partial charge >= 0.3 is 0 Å². The van der Waals surface area contributed by atoms with Crippen molar-refractivity contribution in [2.24, 2.45) is 10.8 Å². The molecule has 1 fully saturated rings. The Labute approximate surface area is 124 Å². The highest BCUT2D eigenvalue weighted by Gasteiger charge is 2.43. The molecule has 0 radical (unpaired) electrons. The van der Waals surface area contributed by atoms with Crippen LogP contribution in [0.4, 0.5) is 0 Å². The molecule has 3 rings (SSSR count). The van der Waals surface area contributed by atoms with Crippen molar-refractivity contribution in [3.63, 3.8) is 0 Å². The molecule has 0 heterocycles. The van der Waals surface area contributed by atoms with Gasteiger partial charge in [0.2, 0.25) is 0 Å². The van der Waals surface area contributed by atoms with Crippen LogP contribution < -0.4 is 5.32 Å². The standard InChI is InChI=1S/C19H29N/c1-4-10-19(12-13-19)14-20-17-16-8-6-5-7-15(16)9-11-18(17,2)3/h5-8,17,20H,4,9-14H2,1-3H3. The highest BCUT2D eigenvalue weighted by atomic mass is 15.0. The van der Waals surface area contributed by atoms with Crippen molar-refractivity contribution in [2.45, 2.75) is 65.3 Å². The maximum absolute atomic E-state index is 3.96. The molecule has 1 saturated carbocycles. The lowest BCUT2D eigenvalue weighted by molar-refractivity contribution is 0.197. The summed E-state index contributed by atoms with van der Waals surface area (Å²) >= 11 is 0. The zero-order valence-corrected chi connectivity index (χ0v) is 13.3. The van der Waals surface area contributed by atoms with E-state index in [9.17, 15) is 0 Å². The second-order valence-electron chi connectivity index (χ2n) is 7.75. The lowest BCUT2D eigenvalue weighted by Gasteiger charge is -2.41. The van der Waals surface area contributed by atoms with Crippen LogP contribution in [0.15, 0.2) is 24.3 Å². The lowest BCUT2D eigenvalue weighted by Crippen LogP contribution is -2.40. The van der Waals surface area contributed by atoms with Gasteiger partial charge in [0, 0.05) is 12.6 Å². The molecule has 1 unspecified atom stereocenters. The molecule has 0 amide bonds. The third-order valence-corrected chi connectivity index (χ3v) is 5.60. The molecule has 0 bridgehead atoms. The number of fused-ring (bicyclic) bond motifs is 1. The van der Waals surface area contributed by atoms with E-state index in [4.69, 9.17) is 0 Å². The van der Waals surface area contributed by atoms with Gasteiger partial charge in [-0.05, 0) is 54.1 Å². The lowest BCUT2D eigenvalue weighted by atomic mass is 9.70. The van der Waals surface area contributed by atoms with Crippen LogP contribution in [-0.2, 0) is 6.42 Å². The van der Waals surface area contributed by atoms with E-state index in [2.05, 4.69) is 50.4 Å². The van der Waals surface area contributed by atoms with Crippen molar-refractivity contribution in [3.05, 3.63) is 35.4 Å². The summed E-state index contributed by atoms with van der Waals surface area (Å²) in [6.45, 7) is 8.39. The number of aryl methyl sites for hydroxylation is 1. The van der Waals surface area contributed by atoms with Crippen LogP contribution >= 0.6 is 0 Å². The molecule has 0 aliphatic heterocycles. The monoisotopic (exact) mass is 271 g/mol.